The molecule has 0 saturated heterocycles. The topological polar surface area (TPSA) is 58.6 Å². The fourth-order valence-electron chi connectivity index (χ4n) is 1.89. The molecule has 0 aliphatic carbocycles. The van der Waals surface area contributed by atoms with E-state index in [1.54, 1.807) is 7.11 Å². The van der Waals surface area contributed by atoms with Gasteiger partial charge in [0.15, 0.2) is 0 Å². The van der Waals surface area contributed by atoms with E-state index >= 15 is 0 Å². The van der Waals surface area contributed by atoms with Crippen molar-refractivity contribution in [1.82, 2.24) is 5.32 Å². The minimum Gasteiger partial charge on any atom is -0.496 e. The summed E-state index contributed by atoms with van der Waals surface area (Å²) in [4.78, 5) is 10.3. The van der Waals surface area contributed by atoms with Gasteiger partial charge in [0.1, 0.15) is 5.75 Å². The number of ether oxygens (including phenoxy) is 1. The van der Waals surface area contributed by atoms with Crippen LogP contribution in [0.4, 0.5) is 0 Å². The molecule has 0 saturated carbocycles. The number of hydrogen-bond acceptors (Lipinski definition) is 3. The highest BCUT2D eigenvalue weighted by Crippen LogP contribution is 2.23. The molecule has 0 heterocycles. The van der Waals surface area contributed by atoms with Crippen LogP contribution in [-0.2, 0) is 11.2 Å². The summed E-state index contributed by atoms with van der Waals surface area (Å²) in [7, 11) is 1.68. The number of nitrogens with one attached hydrogen (secondary N) is 1. The Labute approximate surface area is 108 Å². The maximum atomic E-state index is 10.3. The van der Waals surface area contributed by atoms with E-state index < -0.39 is 5.97 Å². The number of hydrogen-bond donors (Lipinski definition) is 2. The van der Waals surface area contributed by atoms with Crippen molar-refractivity contribution in [2.24, 2.45) is 0 Å². The second-order valence-electron chi connectivity index (χ2n) is 4.32. The Morgan fingerprint density at radius 1 is 1.28 bits per heavy atom. The number of carbonyl (C=O) groups is 1. The van der Waals surface area contributed by atoms with Gasteiger partial charge in [-0.05, 0) is 49.6 Å². The lowest BCUT2D eigenvalue weighted by molar-refractivity contribution is -0.136. The zero-order valence-electron chi connectivity index (χ0n) is 11.2. The minimum absolute atomic E-state index is 0.167. The van der Waals surface area contributed by atoms with E-state index in [2.05, 4.69) is 25.2 Å². The molecule has 0 amide bonds. The first-order chi connectivity index (χ1) is 8.56. The van der Waals surface area contributed by atoms with Crippen LogP contribution in [0.3, 0.4) is 0 Å². The second-order valence-corrected chi connectivity index (χ2v) is 4.32. The SMILES string of the molecule is COc1ccc(CCNCCC(=O)O)c(C)c1C. The van der Waals surface area contributed by atoms with E-state index in [0.717, 1.165) is 18.7 Å². The predicted molar refractivity (Wildman–Crippen MR) is 71.3 cm³/mol. The Hall–Kier alpha value is -1.55. The maximum absolute atomic E-state index is 10.3. The van der Waals surface area contributed by atoms with Crippen LogP contribution in [0.5, 0.6) is 5.75 Å². The number of benzene rings is 1. The lowest BCUT2D eigenvalue weighted by Gasteiger charge is -2.12. The highest BCUT2D eigenvalue weighted by atomic mass is 16.5. The smallest absolute Gasteiger partial charge is 0.304 e. The van der Waals surface area contributed by atoms with Crippen molar-refractivity contribution < 1.29 is 14.6 Å². The third-order valence-corrected chi connectivity index (χ3v) is 3.16. The Bertz CT molecular complexity index is 416. The van der Waals surface area contributed by atoms with Crippen LogP contribution in [0, 0.1) is 13.8 Å². The number of methoxy groups -OCH3 is 1. The van der Waals surface area contributed by atoms with Crippen LogP contribution in [0.1, 0.15) is 23.1 Å². The van der Waals surface area contributed by atoms with E-state index in [-0.39, 0.29) is 6.42 Å². The van der Waals surface area contributed by atoms with E-state index in [1.807, 2.05) is 6.07 Å². The van der Waals surface area contributed by atoms with Gasteiger partial charge in [-0.2, -0.15) is 0 Å². The van der Waals surface area contributed by atoms with Gasteiger partial charge in [0.25, 0.3) is 0 Å². The fraction of sp³-hybridized carbons (Fsp3) is 0.500. The van der Waals surface area contributed by atoms with Crippen LogP contribution >= 0.6 is 0 Å². The second kappa shape index (κ2) is 7.01. The number of carboxylic acid groups (broad SMARTS) is 1. The molecular formula is C14H21NO3. The molecule has 0 aliphatic heterocycles. The standard InChI is InChI=1S/C14H21NO3/c1-10-11(2)13(18-3)5-4-12(10)6-8-15-9-7-14(16)17/h4-5,15H,6-9H2,1-3H3,(H,16,17). The van der Waals surface area contributed by atoms with Crippen molar-refractivity contribution in [3.8, 4) is 5.75 Å². The highest BCUT2D eigenvalue weighted by Gasteiger charge is 2.06. The summed E-state index contributed by atoms with van der Waals surface area (Å²) in [5, 5.41) is 11.6. The van der Waals surface area contributed by atoms with E-state index in [9.17, 15) is 4.79 Å². The van der Waals surface area contributed by atoms with Gasteiger partial charge < -0.3 is 15.2 Å². The Kier molecular flexibility index (Phi) is 5.65. The molecule has 4 heteroatoms. The highest BCUT2D eigenvalue weighted by molar-refractivity contribution is 5.66. The van der Waals surface area contributed by atoms with Crippen molar-refractivity contribution >= 4 is 5.97 Å². The zero-order chi connectivity index (χ0) is 13.5. The lowest BCUT2D eigenvalue weighted by Crippen LogP contribution is -2.21. The quantitative estimate of drug-likeness (QED) is 0.727. The summed E-state index contributed by atoms with van der Waals surface area (Å²) in [5.41, 5.74) is 3.69. The van der Waals surface area contributed by atoms with Crippen molar-refractivity contribution in [3.63, 3.8) is 0 Å². The van der Waals surface area contributed by atoms with Crippen molar-refractivity contribution in [3.05, 3.63) is 28.8 Å². The Balaban J connectivity index is 2.48. The molecule has 0 spiro atoms. The first-order valence-electron chi connectivity index (χ1n) is 6.12. The third-order valence-electron chi connectivity index (χ3n) is 3.16. The maximum Gasteiger partial charge on any atom is 0.304 e. The average molecular weight is 251 g/mol. The van der Waals surface area contributed by atoms with Crippen LogP contribution in [0.2, 0.25) is 0 Å². The van der Waals surface area contributed by atoms with Crippen molar-refractivity contribution in [2.45, 2.75) is 26.7 Å². The molecule has 2 N–H and O–H groups in total. The zero-order valence-corrected chi connectivity index (χ0v) is 11.2. The van der Waals surface area contributed by atoms with Crippen molar-refractivity contribution in [2.75, 3.05) is 20.2 Å². The normalized spacial score (nSPS) is 10.4. The largest absolute Gasteiger partial charge is 0.496 e. The molecule has 0 radical (unpaired) electrons. The predicted octanol–water partition coefficient (Wildman–Crippen LogP) is 1.92. The van der Waals surface area contributed by atoms with Gasteiger partial charge in [0, 0.05) is 6.54 Å². The van der Waals surface area contributed by atoms with Crippen LogP contribution < -0.4 is 10.1 Å². The molecule has 1 rings (SSSR count). The summed E-state index contributed by atoms with van der Waals surface area (Å²) in [6.07, 6.45) is 1.07. The molecule has 0 aromatic heterocycles. The lowest BCUT2D eigenvalue weighted by atomic mass is 10.00. The Morgan fingerprint density at radius 2 is 2.00 bits per heavy atom. The molecule has 0 aliphatic rings. The van der Waals surface area contributed by atoms with Gasteiger partial charge in [-0.25, -0.2) is 0 Å². The van der Waals surface area contributed by atoms with Crippen LogP contribution in [0.15, 0.2) is 12.1 Å². The number of carboxylic acids is 1. The molecule has 18 heavy (non-hydrogen) atoms. The summed E-state index contributed by atoms with van der Waals surface area (Å²) >= 11 is 0. The molecule has 1 aromatic rings. The van der Waals surface area contributed by atoms with Crippen molar-refractivity contribution in [1.29, 1.82) is 0 Å². The number of aliphatic carboxylic acids is 1. The van der Waals surface area contributed by atoms with Gasteiger partial charge in [-0.1, -0.05) is 6.07 Å². The molecule has 0 fully saturated rings. The van der Waals surface area contributed by atoms with Gasteiger partial charge in [0.05, 0.1) is 13.5 Å². The summed E-state index contributed by atoms with van der Waals surface area (Å²) in [6.45, 7) is 5.45. The van der Waals surface area contributed by atoms with E-state index in [1.165, 1.54) is 16.7 Å². The van der Waals surface area contributed by atoms with E-state index in [4.69, 9.17) is 9.84 Å². The summed E-state index contributed by atoms with van der Waals surface area (Å²) in [5.74, 6) is 0.147. The Morgan fingerprint density at radius 3 is 2.61 bits per heavy atom. The monoisotopic (exact) mass is 251 g/mol. The van der Waals surface area contributed by atoms with Gasteiger partial charge >= 0.3 is 5.97 Å². The molecule has 0 atom stereocenters. The molecular weight excluding hydrogens is 230 g/mol. The van der Waals surface area contributed by atoms with E-state index in [0.29, 0.717) is 6.54 Å². The van der Waals surface area contributed by atoms with Gasteiger partial charge in [-0.3, -0.25) is 4.79 Å². The fourth-order valence-corrected chi connectivity index (χ4v) is 1.89. The number of rotatable bonds is 7. The van der Waals surface area contributed by atoms with Gasteiger partial charge in [-0.15, -0.1) is 0 Å². The van der Waals surface area contributed by atoms with Gasteiger partial charge in [0.2, 0.25) is 0 Å². The summed E-state index contributed by atoms with van der Waals surface area (Å²) in [6, 6.07) is 4.05. The molecule has 1 aromatic carbocycles. The molecule has 4 nitrogen and oxygen atoms in total. The first-order valence-corrected chi connectivity index (χ1v) is 6.12. The van der Waals surface area contributed by atoms with Crippen LogP contribution in [-0.4, -0.2) is 31.3 Å². The van der Waals surface area contributed by atoms with Crippen LogP contribution in [0.25, 0.3) is 0 Å². The molecule has 0 unspecified atom stereocenters. The molecule has 0 bridgehead atoms. The minimum atomic E-state index is -0.765. The molecule has 100 valence electrons. The third kappa shape index (κ3) is 4.04. The summed E-state index contributed by atoms with van der Waals surface area (Å²) < 4.78 is 5.27. The first kappa shape index (κ1) is 14.5. The average Bonchev–Trinajstić information content (AvgIpc) is 2.33.